The summed E-state index contributed by atoms with van der Waals surface area (Å²) in [6.45, 7) is 3.68. The predicted octanol–water partition coefficient (Wildman–Crippen LogP) is 3.06. The van der Waals surface area contributed by atoms with E-state index < -0.39 is 6.04 Å². The number of likely N-dealkylation sites (tertiary alicyclic amines) is 1. The van der Waals surface area contributed by atoms with Gasteiger partial charge in [0.15, 0.2) is 0 Å². The Bertz CT molecular complexity index is 972. The van der Waals surface area contributed by atoms with Crippen LogP contribution in [0.4, 0.5) is 0 Å². The van der Waals surface area contributed by atoms with Crippen molar-refractivity contribution >= 4 is 29.3 Å². The lowest BCUT2D eigenvalue weighted by Gasteiger charge is -2.36. The molecule has 8 heteroatoms. The third-order valence-electron chi connectivity index (χ3n) is 5.84. The highest BCUT2D eigenvalue weighted by Crippen LogP contribution is 2.23. The average Bonchev–Trinajstić information content (AvgIpc) is 2.82. The van der Waals surface area contributed by atoms with Crippen LogP contribution in [0.25, 0.3) is 0 Å². The molecule has 1 aliphatic rings. The van der Waals surface area contributed by atoms with Gasteiger partial charge in [-0.3, -0.25) is 14.4 Å². The van der Waals surface area contributed by atoms with Crippen LogP contribution in [0.15, 0.2) is 48.5 Å². The normalized spacial score (nSPS) is 15.1. The Morgan fingerprint density at radius 2 is 1.79 bits per heavy atom. The Morgan fingerprint density at radius 1 is 1.09 bits per heavy atom. The third kappa shape index (κ3) is 6.79. The highest BCUT2D eigenvalue weighted by molar-refractivity contribution is 6.30. The number of piperidine rings is 1. The van der Waals surface area contributed by atoms with Crippen molar-refractivity contribution in [2.45, 2.75) is 25.8 Å². The number of hydrogen-bond donors (Lipinski definition) is 2. The van der Waals surface area contributed by atoms with E-state index in [4.69, 9.17) is 16.3 Å². The van der Waals surface area contributed by atoms with Crippen molar-refractivity contribution < 1.29 is 19.1 Å². The Hall–Kier alpha value is -2.90. The molecule has 33 heavy (non-hydrogen) atoms. The largest absolute Gasteiger partial charge is 0.383 e. The molecule has 1 heterocycles. The monoisotopic (exact) mass is 471 g/mol. The highest BCUT2D eigenvalue weighted by atomic mass is 35.5. The molecule has 1 saturated heterocycles. The Labute approximate surface area is 199 Å². The van der Waals surface area contributed by atoms with Gasteiger partial charge in [-0.25, -0.2) is 0 Å². The van der Waals surface area contributed by atoms with Gasteiger partial charge in [0, 0.05) is 42.9 Å². The van der Waals surface area contributed by atoms with E-state index in [0.29, 0.717) is 55.2 Å². The highest BCUT2D eigenvalue weighted by Gasteiger charge is 2.34. The van der Waals surface area contributed by atoms with E-state index in [1.165, 1.54) is 0 Å². The van der Waals surface area contributed by atoms with Crippen LogP contribution in [0.5, 0.6) is 0 Å². The number of hydrogen-bond acceptors (Lipinski definition) is 4. The first-order valence-electron chi connectivity index (χ1n) is 11.1. The fourth-order valence-electron chi connectivity index (χ4n) is 4.01. The maximum atomic E-state index is 12.9. The van der Waals surface area contributed by atoms with Crippen molar-refractivity contribution in [2.24, 2.45) is 5.92 Å². The minimum Gasteiger partial charge on any atom is -0.383 e. The molecule has 7 nitrogen and oxygen atoms in total. The maximum Gasteiger partial charge on any atom is 0.253 e. The zero-order valence-corrected chi connectivity index (χ0v) is 19.7. The number of rotatable bonds is 8. The minimum atomic E-state index is -0.692. The summed E-state index contributed by atoms with van der Waals surface area (Å²) >= 11 is 5.92. The molecule has 0 aromatic heterocycles. The summed E-state index contributed by atoms with van der Waals surface area (Å²) in [6, 6.07) is 13.4. The van der Waals surface area contributed by atoms with Crippen molar-refractivity contribution in [2.75, 3.05) is 33.4 Å². The first kappa shape index (κ1) is 24.7. The van der Waals surface area contributed by atoms with Gasteiger partial charge in [0.1, 0.15) is 6.04 Å². The quantitative estimate of drug-likeness (QED) is 0.579. The van der Waals surface area contributed by atoms with Gasteiger partial charge in [-0.15, -0.1) is 0 Å². The second kappa shape index (κ2) is 11.8. The van der Waals surface area contributed by atoms with Gasteiger partial charge in [-0.2, -0.15) is 0 Å². The lowest BCUT2D eigenvalue weighted by atomic mass is 9.88. The number of nitrogens with one attached hydrogen (secondary N) is 2. The zero-order chi connectivity index (χ0) is 23.8. The van der Waals surface area contributed by atoms with Crippen molar-refractivity contribution in [1.29, 1.82) is 0 Å². The second-order valence-electron chi connectivity index (χ2n) is 8.24. The third-order valence-corrected chi connectivity index (χ3v) is 6.10. The molecule has 3 rings (SSSR count). The standard InChI is InChI=1S/C25H30ClN3O4/c1-17-4-3-5-20(16-17)23(30)28-22(24(31)27-12-15-33-2)18-10-13-29(14-11-18)25(32)19-6-8-21(26)9-7-19/h3-9,16,18,22H,10-15H2,1-2H3,(H,27,31)(H,28,30)/t22-/m0/s1. The van der Waals surface area contributed by atoms with Gasteiger partial charge < -0.3 is 20.3 Å². The van der Waals surface area contributed by atoms with Gasteiger partial charge in [-0.1, -0.05) is 29.3 Å². The van der Waals surface area contributed by atoms with Crippen molar-refractivity contribution in [1.82, 2.24) is 15.5 Å². The van der Waals surface area contributed by atoms with Crippen molar-refractivity contribution in [3.8, 4) is 0 Å². The van der Waals surface area contributed by atoms with Crippen LogP contribution in [0, 0.1) is 12.8 Å². The van der Waals surface area contributed by atoms with E-state index in [2.05, 4.69) is 10.6 Å². The van der Waals surface area contributed by atoms with Crippen LogP contribution in [0.3, 0.4) is 0 Å². The lowest BCUT2D eigenvalue weighted by molar-refractivity contribution is -0.124. The number of amides is 3. The average molecular weight is 472 g/mol. The van der Waals surface area contributed by atoms with Crippen LogP contribution >= 0.6 is 11.6 Å². The summed E-state index contributed by atoms with van der Waals surface area (Å²) < 4.78 is 5.02. The molecule has 1 atom stereocenters. The maximum absolute atomic E-state index is 12.9. The predicted molar refractivity (Wildman–Crippen MR) is 127 cm³/mol. The Morgan fingerprint density at radius 3 is 2.42 bits per heavy atom. The summed E-state index contributed by atoms with van der Waals surface area (Å²) in [5.41, 5.74) is 2.07. The molecule has 0 radical (unpaired) electrons. The number of nitrogens with zero attached hydrogens (tertiary/aromatic N) is 1. The molecule has 0 spiro atoms. The van der Waals surface area contributed by atoms with Crippen LogP contribution < -0.4 is 10.6 Å². The topological polar surface area (TPSA) is 87.7 Å². The summed E-state index contributed by atoms with van der Waals surface area (Å²) in [7, 11) is 1.57. The molecule has 2 aromatic rings. The Kier molecular flexibility index (Phi) is 8.86. The molecule has 176 valence electrons. The van der Waals surface area contributed by atoms with Crippen molar-refractivity contribution in [3.05, 3.63) is 70.2 Å². The summed E-state index contributed by atoms with van der Waals surface area (Å²) in [5, 5.41) is 6.35. The van der Waals surface area contributed by atoms with Gasteiger partial charge >= 0.3 is 0 Å². The van der Waals surface area contributed by atoms with E-state index >= 15 is 0 Å². The molecule has 2 aromatic carbocycles. The fraction of sp³-hybridized carbons (Fsp3) is 0.400. The number of halogens is 1. The molecule has 0 aliphatic carbocycles. The SMILES string of the molecule is COCCNC(=O)[C@@H](NC(=O)c1cccc(C)c1)C1CCN(C(=O)c2ccc(Cl)cc2)CC1. The smallest absolute Gasteiger partial charge is 0.253 e. The molecule has 2 N–H and O–H groups in total. The molecule has 0 unspecified atom stereocenters. The summed E-state index contributed by atoms with van der Waals surface area (Å²) in [5.74, 6) is -0.675. The number of methoxy groups -OCH3 is 1. The van der Waals surface area contributed by atoms with Gasteiger partial charge in [0.2, 0.25) is 5.91 Å². The first-order chi connectivity index (χ1) is 15.9. The molecular weight excluding hydrogens is 442 g/mol. The van der Waals surface area contributed by atoms with E-state index in [1.807, 2.05) is 19.1 Å². The van der Waals surface area contributed by atoms with E-state index in [1.54, 1.807) is 48.4 Å². The summed E-state index contributed by atoms with van der Waals surface area (Å²) in [4.78, 5) is 40.4. The number of benzene rings is 2. The van der Waals surface area contributed by atoms with Crippen LogP contribution in [-0.2, 0) is 9.53 Å². The van der Waals surface area contributed by atoms with Crippen molar-refractivity contribution in [3.63, 3.8) is 0 Å². The number of aryl methyl sites for hydroxylation is 1. The Balaban J connectivity index is 1.67. The molecule has 1 fully saturated rings. The number of ether oxygens (including phenoxy) is 1. The molecule has 3 amide bonds. The molecule has 0 saturated carbocycles. The fourth-order valence-corrected chi connectivity index (χ4v) is 4.13. The van der Waals surface area contributed by atoms with Crippen LogP contribution in [0.2, 0.25) is 5.02 Å². The summed E-state index contributed by atoms with van der Waals surface area (Å²) in [6.07, 6.45) is 1.21. The van der Waals surface area contributed by atoms with Gasteiger partial charge in [-0.05, 0) is 62.1 Å². The molecule has 1 aliphatic heterocycles. The van der Waals surface area contributed by atoms with Gasteiger partial charge in [0.05, 0.1) is 6.61 Å². The van der Waals surface area contributed by atoms with E-state index in [0.717, 1.165) is 5.56 Å². The van der Waals surface area contributed by atoms with Crippen LogP contribution in [-0.4, -0.2) is 62.0 Å². The second-order valence-corrected chi connectivity index (χ2v) is 8.68. The number of carbonyl (C=O) groups excluding carboxylic acids is 3. The van der Waals surface area contributed by atoms with E-state index in [-0.39, 0.29) is 23.6 Å². The van der Waals surface area contributed by atoms with E-state index in [9.17, 15) is 14.4 Å². The molecular formula is C25H30ClN3O4. The van der Waals surface area contributed by atoms with Gasteiger partial charge in [0.25, 0.3) is 11.8 Å². The minimum absolute atomic E-state index is 0.0602. The first-order valence-corrected chi connectivity index (χ1v) is 11.5. The lowest BCUT2D eigenvalue weighted by Crippen LogP contribution is -2.54. The number of carbonyl (C=O) groups is 3. The van der Waals surface area contributed by atoms with Crippen LogP contribution in [0.1, 0.15) is 39.1 Å². The molecule has 0 bridgehead atoms. The zero-order valence-electron chi connectivity index (χ0n) is 19.0.